The van der Waals surface area contributed by atoms with Gasteiger partial charge in [-0.2, -0.15) is 20.5 Å². The summed E-state index contributed by atoms with van der Waals surface area (Å²) < 4.78 is 2.10. The average molecular weight is 415 g/mol. The third-order valence-electron chi connectivity index (χ3n) is 6.22. The number of hydrogen-bond acceptors (Lipinski definition) is 4. The number of piperidine rings is 1. The molecule has 0 aliphatic carbocycles. The molecule has 31 heavy (non-hydrogen) atoms. The van der Waals surface area contributed by atoms with Crippen LogP contribution in [0.1, 0.15) is 24.8 Å². The predicted molar refractivity (Wildman–Crippen MR) is 119 cm³/mol. The highest BCUT2D eigenvalue weighted by molar-refractivity contribution is 5.83. The molecule has 0 saturated carbocycles. The zero-order valence-electron chi connectivity index (χ0n) is 17.4. The van der Waals surface area contributed by atoms with Crippen molar-refractivity contribution in [1.29, 1.82) is 0 Å². The first-order chi connectivity index (χ1) is 15.3. The zero-order chi connectivity index (χ0) is 21.0. The maximum Gasteiger partial charge on any atom is 0.222 e. The van der Waals surface area contributed by atoms with E-state index in [-0.39, 0.29) is 5.91 Å². The van der Waals surface area contributed by atoms with Gasteiger partial charge in [-0.1, -0.05) is 36.4 Å². The first-order valence-corrected chi connectivity index (χ1v) is 10.9. The lowest BCUT2D eigenvalue weighted by atomic mass is 9.96. The Morgan fingerprint density at radius 1 is 1.06 bits per heavy atom. The smallest absolute Gasteiger partial charge is 0.222 e. The average Bonchev–Trinajstić information content (AvgIpc) is 3.49. The second kappa shape index (κ2) is 8.71. The van der Waals surface area contributed by atoms with Crippen molar-refractivity contribution in [3.05, 3.63) is 66.5 Å². The van der Waals surface area contributed by atoms with Crippen LogP contribution < -0.4 is 0 Å². The Morgan fingerprint density at radius 3 is 2.68 bits per heavy atom. The Labute approximate surface area is 181 Å². The molecule has 1 amide bonds. The SMILES string of the molecule is O=C(CCc1ccccc1)N1CCC(Cn2ncc3cc(-c4cn[nH]n4)ccc32)CC1. The molecule has 2 aromatic carbocycles. The van der Waals surface area contributed by atoms with E-state index in [1.807, 2.05) is 29.3 Å². The van der Waals surface area contributed by atoms with Crippen LogP contribution in [0.4, 0.5) is 0 Å². The minimum atomic E-state index is 0.271. The number of amides is 1. The molecule has 0 radical (unpaired) electrons. The molecule has 4 aromatic rings. The van der Waals surface area contributed by atoms with Gasteiger partial charge < -0.3 is 4.90 Å². The van der Waals surface area contributed by atoms with Crippen molar-refractivity contribution in [2.45, 2.75) is 32.2 Å². The molecular formula is C24H26N6O. The maximum atomic E-state index is 12.6. The summed E-state index contributed by atoms with van der Waals surface area (Å²) in [6.07, 6.45) is 7.09. The third kappa shape index (κ3) is 4.35. The van der Waals surface area contributed by atoms with Crippen molar-refractivity contribution in [1.82, 2.24) is 30.1 Å². The molecule has 5 rings (SSSR count). The largest absolute Gasteiger partial charge is 0.343 e. The summed E-state index contributed by atoms with van der Waals surface area (Å²) in [4.78, 5) is 14.6. The van der Waals surface area contributed by atoms with E-state index in [0.717, 1.165) is 61.1 Å². The van der Waals surface area contributed by atoms with Crippen molar-refractivity contribution in [3.8, 4) is 11.3 Å². The highest BCUT2D eigenvalue weighted by Gasteiger charge is 2.23. The number of fused-ring (bicyclic) bond motifs is 1. The van der Waals surface area contributed by atoms with Gasteiger partial charge in [-0.25, -0.2) is 0 Å². The monoisotopic (exact) mass is 414 g/mol. The van der Waals surface area contributed by atoms with E-state index >= 15 is 0 Å². The molecule has 1 saturated heterocycles. The molecule has 7 nitrogen and oxygen atoms in total. The molecule has 0 bridgehead atoms. The summed E-state index contributed by atoms with van der Waals surface area (Å²) in [6.45, 7) is 2.57. The molecule has 0 unspecified atom stereocenters. The van der Waals surface area contributed by atoms with E-state index in [0.29, 0.717) is 12.3 Å². The number of aromatic nitrogens is 5. The highest BCUT2D eigenvalue weighted by atomic mass is 16.2. The summed E-state index contributed by atoms with van der Waals surface area (Å²) in [6, 6.07) is 16.5. The van der Waals surface area contributed by atoms with Crippen LogP contribution in [-0.2, 0) is 17.8 Å². The van der Waals surface area contributed by atoms with E-state index in [4.69, 9.17) is 0 Å². The molecule has 7 heteroatoms. The summed E-state index contributed by atoms with van der Waals surface area (Å²) >= 11 is 0. The molecular weight excluding hydrogens is 388 g/mol. The number of aryl methyl sites for hydroxylation is 1. The van der Waals surface area contributed by atoms with Gasteiger partial charge in [0.05, 0.1) is 17.9 Å². The standard InChI is InChI=1S/C24H26N6O/c31-24(9-6-18-4-2-1-3-5-18)29-12-10-19(11-13-29)17-30-23-8-7-20(14-21(23)15-26-30)22-16-25-28-27-22/h1-5,7-8,14-16,19H,6,9-13,17H2,(H,25,27,28). The fourth-order valence-electron chi connectivity index (χ4n) is 4.40. The lowest BCUT2D eigenvalue weighted by Gasteiger charge is -2.32. The molecule has 2 aromatic heterocycles. The van der Waals surface area contributed by atoms with Gasteiger partial charge in [0.2, 0.25) is 5.91 Å². The Balaban J connectivity index is 1.16. The summed E-state index contributed by atoms with van der Waals surface area (Å²) in [5, 5.41) is 16.4. The van der Waals surface area contributed by atoms with E-state index in [9.17, 15) is 4.79 Å². The molecule has 0 atom stereocenters. The molecule has 0 spiro atoms. The lowest BCUT2D eigenvalue weighted by Crippen LogP contribution is -2.39. The Bertz CT molecular complexity index is 1140. The Hall–Kier alpha value is -3.48. The molecule has 1 fully saturated rings. The number of hydrogen-bond donors (Lipinski definition) is 1. The number of nitrogens with one attached hydrogen (secondary N) is 1. The Kier molecular flexibility index (Phi) is 5.48. The number of nitrogens with zero attached hydrogens (tertiary/aromatic N) is 5. The van der Waals surface area contributed by atoms with Gasteiger partial charge in [-0.3, -0.25) is 9.48 Å². The van der Waals surface area contributed by atoms with Gasteiger partial charge in [0.25, 0.3) is 0 Å². The van der Waals surface area contributed by atoms with Crippen molar-refractivity contribution >= 4 is 16.8 Å². The molecule has 158 valence electrons. The number of likely N-dealkylation sites (tertiary alicyclic amines) is 1. The van der Waals surface area contributed by atoms with Gasteiger partial charge in [0.15, 0.2) is 0 Å². The number of H-pyrrole nitrogens is 1. The Morgan fingerprint density at radius 2 is 1.90 bits per heavy atom. The number of benzene rings is 2. The van der Waals surface area contributed by atoms with E-state index < -0.39 is 0 Å². The van der Waals surface area contributed by atoms with Gasteiger partial charge in [-0.05, 0) is 42.9 Å². The lowest BCUT2D eigenvalue weighted by molar-refractivity contribution is -0.132. The second-order valence-electron chi connectivity index (χ2n) is 8.27. The van der Waals surface area contributed by atoms with Crippen molar-refractivity contribution in [2.24, 2.45) is 5.92 Å². The minimum absolute atomic E-state index is 0.271. The van der Waals surface area contributed by atoms with E-state index in [2.05, 4.69) is 55.5 Å². The second-order valence-corrected chi connectivity index (χ2v) is 8.27. The number of rotatable bonds is 6. The molecule has 1 aliphatic rings. The van der Waals surface area contributed by atoms with Crippen LogP contribution in [0.25, 0.3) is 22.2 Å². The first-order valence-electron chi connectivity index (χ1n) is 10.9. The molecule has 3 heterocycles. The number of aromatic amines is 1. The molecule has 1 aliphatic heterocycles. The van der Waals surface area contributed by atoms with Crippen LogP contribution in [0.5, 0.6) is 0 Å². The number of carbonyl (C=O) groups is 1. The van der Waals surface area contributed by atoms with Crippen LogP contribution in [-0.4, -0.2) is 49.1 Å². The third-order valence-corrected chi connectivity index (χ3v) is 6.22. The fraction of sp³-hybridized carbons (Fsp3) is 0.333. The van der Waals surface area contributed by atoms with Crippen LogP contribution in [0, 0.1) is 5.92 Å². The van der Waals surface area contributed by atoms with Gasteiger partial charge >= 0.3 is 0 Å². The minimum Gasteiger partial charge on any atom is -0.343 e. The fourth-order valence-corrected chi connectivity index (χ4v) is 4.40. The summed E-state index contributed by atoms with van der Waals surface area (Å²) in [5.74, 6) is 0.809. The molecule has 1 N–H and O–H groups in total. The van der Waals surface area contributed by atoms with Crippen molar-refractivity contribution in [3.63, 3.8) is 0 Å². The quantitative estimate of drug-likeness (QED) is 0.522. The van der Waals surface area contributed by atoms with Gasteiger partial charge in [0, 0.05) is 37.0 Å². The van der Waals surface area contributed by atoms with E-state index in [1.54, 1.807) is 6.20 Å². The van der Waals surface area contributed by atoms with Gasteiger partial charge in [0.1, 0.15) is 5.69 Å². The summed E-state index contributed by atoms with van der Waals surface area (Å²) in [7, 11) is 0. The normalized spacial score (nSPS) is 14.9. The topological polar surface area (TPSA) is 79.7 Å². The van der Waals surface area contributed by atoms with E-state index in [1.165, 1.54) is 5.56 Å². The number of carbonyl (C=O) groups excluding carboxylic acids is 1. The van der Waals surface area contributed by atoms with Crippen molar-refractivity contribution < 1.29 is 4.79 Å². The van der Waals surface area contributed by atoms with Crippen LogP contribution in [0.3, 0.4) is 0 Å². The van der Waals surface area contributed by atoms with Gasteiger partial charge in [-0.15, -0.1) is 0 Å². The highest BCUT2D eigenvalue weighted by Crippen LogP contribution is 2.25. The van der Waals surface area contributed by atoms with Crippen molar-refractivity contribution in [2.75, 3.05) is 13.1 Å². The zero-order valence-corrected chi connectivity index (χ0v) is 17.4. The van der Waals surface area contributed by atoms with Crippen LogP contribution >= 0.6 is 0 Å². The van der Waals surface area contributed by atoms with Crippen LogP contribution in [0.2, 0.25) is 0 Å². The van der Waals surface area contributed by atoms with Crippen LogP contribution in [0.15, 0.2) is 60.9 Å². The first kappa shape index (κ1) is 19.5. The summed E-state index contributed by atoms with van der Waals surface area (Å²) in [5.41, 5.74) is 4.22. The maximum absolute atomic E-state index is 12.6. The predicted octanol–water partition coefficient (Wildman–Crippen LogP) is 3.69.